The largest absolute Gasteiger partial charge is 0.322 e. The lowest BCUT2D eigenvalue weighted by atomic mass is 10.1. The molecule has 1 heterocycles. The molecule has 0 saturated heterocycles. The van der Waals surface area contributed by atoms with Crippen molar-refractivity contribution in [2.24, 2.45) is 7.05 Å². The van der Waals surface area contributed by atoms with E-state index in [2.05, 4.69) is 26.3 Å². The summed E-state index contributed by atoms with van der Waals surface area (Å²) in [6.45, 7) is 0. The van der Waals surface area contributed by atoms with E-state index in [0.29, 0.717) is 5.69 Å². The first-order valence-corrected chi connectivity index (χ1v) is 7.79. The van der Waals surface area contributed by atoms with Crippen molar-refractivity contribution >= 4 is 27.5 Å². The summed E-state index contributed by atoms with van der Waals surface area (Å²) in [6.07, 6.45) is 1.49. The number of carbonyl (C=O) groups excluding carboxylic acids is 1. The Labute approximate surface area is 145 Å². The van der Waals surface area contributed by atoms with E-state index in [1.807, 2.05) is 0 Å². The van der Waals surface area contributed by atoms with Gasteiger partial charge in [0.05, 0.1) is 5.56 Å². The Morgan fingerprint density at radius 2 is 1.88 bits per heavy atom. The van der Waals surface area contributed by atoms with E-state index in [0.717, 1.165) is 16.6 Å². The quantitative estimate of drug-likeness (QED) is 0.719. The summed E-state index contributed by atoms with van der Waals surface area (Å²) in [5.41, 5.74) is 1.02. The minimum absolute atomic E-state index is 0.0676. The number of nitrogens with one attached hydrogen (secondary N) is 1. The van der Waals surface area contributed by atoms with Crippen LogP contribution in [0.4, 0.5) is 14.5 Å². The normalized spacial score (nSPS) is 10.7. The second-order valence-electron chi connectivity index (χ2n) is 5.15. The molecular weight excluding hydrogens is 380 g/mol. The molecule has 0 unspecified atom stereocenters. The average Bonchev–Trinajstić information content (AvgIpc) is 2.91. The molecule has 7 heteroatoms. The molecule has 0 fully saturated rings. The standard InChI is InChI=1S/C17H12BrF2N3O/c1-23-9-14(17(24)21-12-5-2-10(18)3-6-12)16(22-23)13-7-4-11(19)8-15(13)20/h2-9H,1H3,(H,21,24). The molecule has 1 N–H and O–H groups in total. The number of hydrogen-bond acceptors (Lipinski definition) is 2. The summed E-state index contributed by atoms with van der Waals surface area (Å²) in [7, 11) is 1.63. The highest BCUT2D eigenvalue weighted by atomic mass is 79.9. The molecule has 4 nitrogen and oxygen atoms in total. The topological polar surface area (TPSA) is 46.9 Å². The van der Waals surface area contributed by atoms with Gasteiger partial charge in [0.15, 0.2) is 0 Å². The molecular formula is C17H12BrF2N3O. The van der Waals surface area contributed by atoms with Crippen LogP contribution in [0.2, 0.25) is 0 Å². The highest BCUT2D eigenvalue weighted by Gasteiger charge is 2.20. The van der Waals surface area contributed by atoms with Crippen LogP contribution in [0.5, 0.6) is 0 Å². The Hall–Kier alpha value is -2.54. The van der Waals surface area contributed by atoms with Crippen LogP contribution in [0, 0.1) is 11.6 Å². The van der Waals surface area contributed by atoms with Gasteiger partial charge in [-0.1, -0.05) is 15.9 Å². The van der Waals surface area contributed by atoms with Crippen molar-refractivity contribution in [3.05, 3.63) is 70.3 Å². The van der Waals surface area contributed by atoms with E-state index in [9.17, 15) is 13.6 Å². The number of hydrogen-bond donors (Lipinski definition) is 1. The van der Waals surface area contributed by atoms with Gasteiger partial charge < -0.3 is 5.32 Å². The van der Waals surface area contributed by atoms with E-state index in [1.165, 1.54) is 16.9 Å². The second-order valence-corrected chi connectivity index (χ2v) is 6.07. The van der Waals surface area contributed by atoms with Crippen LogP contribution in [-0.4, -0.2) is 15.7 Å². The van der Waals surface area contributed by atoms with E-state index in [4.69, 9.17) is 0 Å². The Morgan fingerprint density at radius 3 is 2.54 bits per heavy atom. The van der Waals surface area contributed by atoms with Crippen molar-refractivity contribution in [2.45, 2.75) is 0 Å². The number of carbonyl (C=O) groups is 1. The van der Waals surface area contributed by atoms with Gasteiger partial charge in [0, 0.05) is 35.0 Å². The molecule has 0 radical (unpaired) electrons. The summed E-state index contributed by atoms with van der Waals surface area (Å²) < 4.78 is 29.4. The van der Waals surface area contributed by atoms with Gasteiger partial charge in [0.2, 0.25) is 0 Å². The SMILES string of the molecule is Cn1cc(C(=O)Nc2ccc(Br)cc2)c(-c2ccc(F)cc2F)n1. The van der Waals surface area contributed by atoms with Crippen molar-refractivity contribution in [1.29, 1.82) is 0 Å². The maximum absolute atomic E-state index is 14.0. The fraction of sp³-hybridized carbons (Fsp3) is 0.0588. The zero-order valence-corrected chi connectivity index (χ0v) is 14.1. The van der Waals surface area contributed by atoms with Gasteiger partial charge >= 0.3 is 0 Å². The van der Waals surface area contributed by atoms with Crippen molar-refractivity contribution in [3.63, 3.8) is 0 Å². The zero-order valence-electron chi connectivity index (χ0n) is 12.6. The van der Waals surface area contributed by atoms with Crippen molar-refractivity contribution in [2.75, 3.05) is 5.32 Å². The van der Waals surface area contributed by atoms with Crippen LogP contribution in [0.25, 0.3) is 11.3 Å². The van der Waals surface area contributed by atoms with Crippen LogP contribution in [-0.2, 0) is 7.05 Å². The van der Waals surface area contributed by atoms with Gasteiger partial charge in [0.25, 0.3) is 5.91 Å². The predicted octanol–water partition coefficient (Wildman–Crippen LogP) is 4.38. The second kappa shape index (κ2) is 6.52. The Bertz CT molecular complexity index is 907. The van der Waals surface area contributed by atoms with Crippen LogP contribution in [0.3, 0.4) is 0 Å². The maximum atomic E-state index is 14.0. The van der Waals surface area contributed by atoms with Crippen molar-refractivity contribution < 1.29 is 13.6 Å². The van der Waals surface area contributed by atoms with Crippen LogP contribution in [0.15, 0.2) is 53.1 Å². The summed E-state index contributed by atoms with van der Waals surface area (Å²) in [5.74, 6) is -1.89. The lowest BCUT2D eigenvalue weighted by molar-refractivity contribution is 0.102. The fourth-order valence-corrected chi connectivity index (χ4v) is 2.53. The molecule has 0 aliphatic carbocycles. The first-order chi connectivity index (χ1) is 11.4. The van der Waals surface area contributed by atoms with E-state index in [-0.39, 0.29) is 16.8 Å². The Kier molecular flexibility index (Phi) is 4.44. The molecule has 122 valence electrons. The number of halogens is 3. The highest BCUT2D eigenvalue weighted by Crippen LogP contribution is 2.26. The molecule has 0 aliphatic rings. The molecule has 0 bridgehead atoms. The molecule has 2 aromatic carbocycles. The van der Waals surface area contributed by atoms with Gasteiger partial charge in [-0.25, -0.2) is 8.78 Å². The van der Waals surface area contributed by atoms with E-state index in [1.54, 1.807) is 31.3 Å². The molecule has 3 aromatic rings. The highest BCUT2D eigenvalue weighted by molar-refractivity contribution is 9.10. The summed E-state index contributed by atoms with van der Waals surface area (Å²) >= 11 is 3.32. The van der Waals surface area contributed by atoms with Gasteiger partial charge in [-0.05, 0) is 36.4 Å². The summed E-state index contributed by atoms with van der Waals surface area (Å²) in [4.78, 5) is 12.5. The minimum Gasteiger partial charge on any atom is -0.322 e. The van der Waals surface area contributed by atoms with E-state index >= 15 is 0 Å². The van der Waals surface area contributed by atoms with Crippen molar-refractivity contribution in [1.82, 2.24) is 9.78 Å². The zero-order chi connectivity index (χ0) is 17.3. The number of benzene rings is 2. The van der Waals surface area contributed by atoms with E-state index < -0.39 is 17.5 Å². The number of aromatic nitrogens is 2. The lowest BCUT2D eigenvalue weighted by Crippen LogP contribution is -2.12. The molecule has 0 aliphatic heterocycles. The first-order valence-electron chi connectivity index (χ1n) is 7.00. The van der Waals surface area contributed by atoms with Gasteiger partial charge in [-0.15, -0.1) is 0 Å². The molecule has 1 aromatic heterocycles. The Balaban J connectivity index is 1.96. The van der Waals surface area contributed by atoms with Gasteiger partial charge in [-0.3, -0.25) is 9.48 Å². The predicted molar refractivity (Wildman–Crippen MR) is 90.7 cm³/mol. The van der Waals surface area contributed by atoms with Crippen LogP contribution < -0.4 is 5.32 Å². The molecule has 24 heavy (non-hydrogen) atoms. The third kappa shape index (κ3) is 3.35. The van der Waals surface area contributed by atoms with Gasteiger partial charge in [-0.2, -0.15) is 5.10 Å². The fourth-order valence-electron chi connectivity index (χ4n) is 2.27. The number of rotatable bonds is 3. The third-order valence-electron chi connectivity index (χ3n) is 3.36. The smallest absolute Gasteiger partial charge is 0.259 e. The summed E-state index contributed by atoms with van der Waals surface area (Å²) in [5, 5.41) is 6.86. The molecule has 0 spiro atoms. The molecule has 0 saturated carbocycles. The number of nitrogens with zero attached hydrogens (tertiary/aromatic N) is 2. The Morgan fingerprint density at radius 1 is 1.17 bits per heavy atom. The van der Waals surface area contributed by atoms with Crippen molar-refractivity contribution in [3.8, 4) is 11.3 Å². The third-order valence-corrected chi connectivity index (χ3v) is 3.89. The van der Waals surface area contributed by atoms with Crippen LogP contribution in [0.1, 0.15) is 10.4 Å². The monoisotopic (exact) mass is 391 g/mol. The lowest BCUT2D eigenvalue weighted by Gasteiger charge is -2.06. The van der Waals surface area contributed by atoms with Gasteiger partial charge in [0.1, 0.15) is 17.3 Å². The number of anilines is 1. The minimum atomic E-state index is -0.772. The number of aryl methyl sites for hydroxylation is 1. The maximum Gasteiger partial charge on any atom is 0.259 e. The average molecular weight is 392 g/mol. The molecule has 0 atom stereocenters. The number of amides is 1. The molecule has 3 rings (SSSR count). The van der Waals surface area contributed by atoms with Crippen LogP contribution >= 0.6 is 15.9 Å². The first kappa shape index (κ1) is 16.3. The summed E-state index contributed by atoms with van der Waals surface area (Å²) in [6, 6.07) is 10.2. The molecule has 1 amide bonds.